The van der Waals surface area contributed by atoms with Gasteiger partial charge in [-0.1, -0.05) is 6.07 Å². The fourth-order valence-electron chi connectivity index (χ4n) is 1.73. The van der Waals surface area contributed by atoms with Crippen LogP contribution in [0.5, 0.6) is 5.75 Å². The Morgan fingerprint density at radius 1 is 1.29 bits per heavy atom. The number of hydrogen-bond acceptors (Lipinski definition) is 2. The van der Waals surface area contributed by atoms with Gasteiger partial charge in [-0.2, -0.15) is 0 Å². The van der Waals surface area contributed by atoms with E-state index >= 15 is 0 Å². The third kappa shape index (κ3) is 2.65. The van der Waals surface area contributed by atoms with Gasteiger partial charge in [0, 0.05) is 25.5 Å². The Hall–Kier alpha value is -1.81. The lowest BCUT2D eigenvalue weighted by atomic mass is 10.2. The number of nitrogens with zero attached hydrogens (tertiary/aromatic N) is 1. The number of methoxy groups -OCH3 is 1. The minimum Gasteiger partial charge on any atom is -0.494 e. The van der Waals surface area contributed by atoms with Gasteiger partial charge in [-0.15, -0.1) is 0 Å². The minimum absolute atomic E-state index is 0.268. The third-order valence-electron chi connectivity index (χ3n) is 2.63. The maximum Gasteiger partial charge on any atom is 0.165 e. The van der Waals surface area contributed by atoms with Crippen LogP contribution < -0.4 is 10.5 Å². The molecule has 0 spiro atoms. The molecule has 2 N–H and O–H groups in total. The molecular weight excluding hydrogens is 219 g/mol. The first kappa shape index (κ1) is 11.7. The molecule has 2 aromatic rings. The maximum atomic E-state index is 13.5. The van der Waals surface area contributed by atoms with Crippen molar-refractivity contribution in [3.63, 3.8) is 0 Å². The second-order valence-corrected chi connectivity index (χ2v) is 3.87. The zero-order valence-electron chi connectivity index (χ0n) is 9.69. The highest BCUT2D eigenvalue weighted by molar-refractivity contribution is 5.29. The molecule has 90 valence electrons. The van der Waals surface area contributed by atoms with Crippen LogP contribution in [0, 0.1) is 5.82 Å². The molecular formula is C13H15FN2O. The molecule has 0 aliphatic rings. The summed E-state index contributed by atoms with van der Waals surface area (Å²) in [5.41, 5.74) is 7.49. The van der Waals surface area contributed by atoms with Crippen molar-refractivity contribution in [2.75, 3.05) is 7.11 Å². The highest BCUT2D eigenvalue weighted by atomic mass is 19.1. The van der Waals surface area contributed by atoms with Crippen LogP contribution in [0.25, 0.3) is 0 Å². The van der Waals surface area contributed by atoms with E-state index in [-0.39, 0.29) is 11.6 Å². The molecule has 0 saturated carbocycles. The summed E-state index contributed by atoms with van der Waals surface area (Å²) in [4.78, 5) is 0. The summed E-state index contributed by atoms with van der Waals surface area (Å²) in [6, 6.07) is 6.93. The average molecular weight is 234 g/mol. The molecule has 0 fully saturated rings. The maximum absolute atomic E-state index is 13.5. The number of nitrogens with two attached hydrogens (primary N) is 1. The summed E-state index contributed by atoms with van der Waals surface area (Å²) in [5.74, 6) is -0.0693. The molecule has 1 aromatic heterocycles. The quantitative estimate of drug-likeness (QED) is 0.880. The monoisotopic (exact) mass is 234 g/mol. The van der Waals surface area contributed by atoms with Crippen LogP contribution in [0.15, 0.2) is 36.7 Å². The Labute approximate surface area is 99.6 Å². The lowest BCUT2D eigenvalue weighted by Crippen LogP contribution is -1.99. The Bertz CT molecular complexity index is 508. The van der Waals surface area contributed by atoms with Crippen LogP contribution in [0.2, 0.25) is 0 Å². The molecule has 0 amide bonds. The number of aromatic nitrogens is 1. The van der Waals surface area contributed by atoms with Gasteiger partial charge in [-0.3, -0.25) is 0 Å². The number of halogens is 1. The van der Waals surface area contributed by atoms with Crippen LogP contribution in [0.3, 0.4) is 0 Å². The Morgan fingerprint density at radius 3 is 2.71 bits per heavy atom. The first-order valence-electron chi connectivity index (χ1n) is 5.40. The molecule has 0 atom stereocenters. The van der Waals surface area contributed by atoms with Gasteiger partial charge in [-0.25, -0.2) is 4.39 Å². The van der Waals surface area contributed by atoms with Gasteiger partial charge in [0.25, 0.3) is 0 Å². The Kier molecular flexibility index (Phi) is 3.44. The lowest BCUT2D eigenvalue weighted by Gasteiger charge is -2.06. The highest BCUT2D eigenvalue weighted by Gasteiger charge is 2.04. The second kappa shape index (κ2) is 5.01. The Morgan fingerprint density at radius 2 is 2.12 bits per heavy atom. The van der Waals surface area contributed by atoms with Gasteiger partial charge < -0.3 is 15.0 Å². The molecule has 0 bridgehead atoms. The van der Waals surface area contributed by atoms with E-state index < -0.39 is 0 Å². The van der Waals surface area contributed by atoms with Gasteiger partial charge in [0.1, 0.15) is 0 Å². The second-order valence-electron chi connectivity index (χ2n) is 3.87. The topological polar surface area (TPSA) is 40.2 Å². The van der Waals surface area contributed by atoms with Crippen LogP contribution in [0.1, 0.15) is 11.1 Å². The zero-order valence-corrected chi connectivity index (χ0v) is 9.69. The van der Waals surface area contributed by atoms with Crippen molar-refractivity contribution in [1.82, 2.24) is 4.57 Å². The molecule has 17 heavy (non-hydrogen) atoms. The van der Waals surface area contributed by atoms with E-state index in [1.54, 1.807) is 6.07 Å². The largest absolute Gasteiger partial charge is 0.494 e. The molecule has 2 rings (SSSR count). The van der Waals surface area contributed by atoms with Crippen LogP contribution >= 0.6 is 0 Å². The van der Waals surface area contributed by atoms with Crippen molar-refractivity contribution in [1.29, 1.82) is 0 Å². The molecule has 1 heterocycles. The number of hydrogen-bond donors (Lipinski definition) is 1. The minimum atomic E-state index is -0.337. The van der Waals surface area contributed by atoms with Crippen LogP contribution in [-0.4, -0.2) is 11.7 Å². The normalized spacial score (nSPS) is 10.5. The molecule has 0 aliphatic carbocycles. The van der Waals surface area contributed by atoms with E-state index in [1.165, 1.54) is 13.2 Å². The summed E-state index contributed by atoms with van der Waals surface area (Å²) in [7, 11) is 1.46. The number of ether oxygens (including phenoxy) is 1. The van der Waals surface area contributed by atoms with Gasteiger partial charge in [-0.05, 0) is 29.3 Å². The lowest BCUT2D eigenvalue weighted by molar-refractivity contribution is 0.386. The molecule has 0 radical (unpaired) electrons. The fraction of sp³-hybridized carbons (Fsp3) is 0.231. The van der Waals surface area contributed by atoms with Gasteiger partial charge in [0.05, 0.1) is 7.11 Å². The zero-order chi connectivity index (χ0) is 12.3. The average Bonchev–Trinajstić information content (AvgIpc) is 2.77. The van der Waals surface area contributed by atoms with Crippen molar-refractivity contribution >= 4 is 0 Å². The van der Waals surface area contributed by atoms with Crippen molar-refractivity contribution < 1.29 is 9.13 Å². The van der Waals surface area contributed by atoms with Gasteiger partial charge >= 0.3 is 0 Å². The molecule has 0 unspecified atom stereocenters. The predicted octanol–water partition coefficient (Wildman–Crippen LogP) is 2.14. The SMILES string of the molecule is COc1ccc(Cn2ccc(CN)c2)cc1F. The predicted molar refractivity (Wildman–Crippen MR) is 64.4 cm³/mol. The van der Waals surface area contributed by atoms with Crippen LogP contribution in [0.4, 0.5) is 4.39 Å². The summed E-state index contributed by atoms with van der Waals surface area (Å²) in [6.45, 7) is 1.14. The molecule has 0 saturated heterocycles. The van der Waals surface area contributed by atoms with Crippen molar-refractivity contribution in [3.8, 4) is 5.75 Å². The van der Waals surface area contributed by atoms with Crippen molar-refractivity contribution in [2.45, 2.75) is 13.1 Å². The first-order valence-corrected chi connectivity index (χ1v) is 5.40. The standard InChI is InChI=1S/C13H15FN2O/c1-17-13-3-2-10(6-12(13)14)8-16-5-4-11(7-15)9-16/h2-6,9H,7-8,15H2,1H3. The van der Waals surface area contributed by atoms with E-state index in [9.17, 15) is 4.39 Å². The van der Waals surface area contributed by atoms with Gasteiger partial charge in [0.2, 0.25) is 0 Å². The van der Waals surface area contributed by atoms with E-state index in [0.29, 0.717) is 13.1 Å². The number of benzene rings is 1. The van der Waals surface area contributed by atoms with E-state index in [4.69, 9.17) is 10.5 Å². The highest BCUT2D eigenvalue weighted by Crippen LogP contribution is 2.18. The van der Waals surface area contributed by atoms with Crippen LogP contribution in [-0.2, 0) is 13.1 Å². The smallest absolute Gasteiger partial charge is 0.165 e. The summed E-state index contributed by atoms with van der Waals surface area (Å²) >= 11 is 0. The Balaban J connectivity index is 2.15. The summed E-state index contributed by atoms with van der Waals surface area (Å²) in [5, 5.41) is 0. The molecule has 4 heteroatoms. The first-order chi connectivity index (χ1) is 8.22. The third-order valence-corrected chi connectivity index (χ3v) is 2.63. The fourth-order valence-corrected chi connectivity index (χ4v) is 1.73. The molecule has 1 aromatic carbocycles. The van der Waals surface area contributed by atoms with Crippen molar-refractivity contribution in [3.05, 3.63) is 53.6 Å². The van der Waals surface area contributed by atoms with Gasteiger partial charge in [0.15, 0.2) is 11.6 Å². The van der Waals surface area contributed by atoms with E-state index in [2.05, 4.69) is 0 Å². The van der Waals surface area contributed by atoms with E-state index in [1.807, 2.05) is 29.1 Å². The van der Waals surface area contributed by atoms with Crippen molar-refractivity contribution in [2.24, 2.45) is 5.73 Å². The number of rotatable bonds is 4. The summed E-state index contributed by atoms with van der Waals surface area (Å²) < 4.78 is 20.3. The molecule has 3 nitrogen and oxygen atoms in total. The summed E-state index contributed by atoms with van der Waals surface area (Å²) in [6.07, 6.45) is 3.90. The molecule has 0 aliphatic heterocycles. The van der Waals surface area contributed by atoms with E-state index in [0.717, 1.165) is 11.1 Å².